The van der Waals surface area contributed by atoms with Crippen LogP contribution in [0.2, 0.25) is 0 Å². The minimum Gasteiger partial charge on any atom is -0.491 e. The summed E-state index contributed by atoms with van der Waals surface area (Å²) in [5, 5.41) is 12.6. The van der Waals surface area contributed by atoms with Crippen LogP contribution in [0.25, 0.3) is 11.0 Å². The molecule has 0 bridgehead atoms. The van der Waals surface area contributed by atoms with Gasteiger partial charge < -0.3 is 19.7 Å². The number of imidazole rings is 1. The van der Waals surface area contributed by atoms with Gasteiger partial charge in [-0.25, -0.2) is 4.98 Å². The maximum atomic E-state index is 9.28. The predicted octanol–water partition coefficient (Wildman–Crippen LogP) is 1.97. The monoisotopic (exact) mass is 291 g/mol. The summed E-state index contributed by atoms with van der Waals surface area (Å²) in [4.78, 5) is 4.70. The second kappa shape index (κ2) is 7.43. The van der Waals surface area contributed by atoms with Gasteiger partial charge in [-0.05, 0) is 32.5 Å². The van der Waals surface area contributed by atoms with Gasteiger partial charge in [-0.1, -0.05) is 6.92 Å². The van der Waals surface area contributed by atoms with Crippen LogP contribution in [0, 0.1) is 0 Å². The Kier molecular flexibility index (Phi) is 5.59. The number of fused-ring (bicyclic) bond motifs is 1. The van der Waals surface area contributed by atoms with Crippen molar-refractivity contribution in [3.05, 3.63) is 24.0 Å². The third kappa shape index (κ3) is 3.95. The molecule has 1 aromatic carbocycles. The number of ether oxygens (including phenoxy) is 1. The first kappa shape index (κ1) is 15.8. The van der Waals surface area contributed by atoms with Crippen LogP contribution in [0.3, 0.4) is 0 Å². The van der Waals surface area contributed by atoms with Gasteiger partial charge in [0.1, 0.15) is 11.6 Å². The molecule has 5 heteroatoms. The third-order valence-corrected chi connectivity index (χ3v) is 3.27. The molecule has 1 heterocycles. The summed E-state index contributed by atoms with van der Waals surface area (Å²) in [6, 6.07) is 5.96. The van der Waals surface area contributed by atoms with E-state index in [0.29, 0.717) is 6.54 Å². The molecule has 0 unspecified atom stereocenters. The van der Waals surface area contributed by atoms with Gasteiger partial charge in [0, 0.05) is 25.6 Å². The van der Waals surface area contributed by atoms with Gasteiger partial charge in [0.25, 0.3) is 0 Å². The summed E-state index contributed by atoms with van der Waals surface area (Å²) in [5.74, 6) is 1.84. The van der Waals surface area contributed by atoms with Gasteiger partial charge in [0.15, 0.2) is 0 Å². The second-order valence-electron chi connectivity index (χ2n) is 5.32. The highest BCUT2D eigenvalue weighted by Crippen LogP contribution is 2.23. The molecule has 0 amide bonds. The number of nitrogens with one attached hydrogen (secondary N) is 1. The summed E-state index contributed by atoms with van der Waals surface area (Å²) >= 11 is 0. The smallest absolute Gasteiger partial charge is 0.121 e. The maximum Gasteiger partial charge on any atom is 0.121 e. The molecule has 116 valence electrons. The highest BCUT2D eigenvalue weighted by atomic mass is 16.5. The molecule has 0 fully saturated rings. The molecule has 21 heavy (non-hydrogen) atoms. The van der Waals surface area contributed by atoms with Crippen LogP contribution >= 0.6 is 0 Å². The molecule has 1 aromatic heterocycles. The zero-order valence-electron chi connectivity index (χ0n) is 13.1. The Morgan fingerprint density at radius 2 is 2.19 bits per heavy atom. The average molecular weight is 291 g/mol. The lowest BCUT2D eigenvalue weighted by Gasteiger charge is -2.10. The van der Waals surface area contributed by atoms with Gasteiger partial charge >= 0.3 is 0 Å². The molecule has 2 aromatic rings. The molecule has 5 nitrogen and oxygen atoms in total. The second-order valence-corrected chi connectivity index (χ2v) is 5.32. The maximum absolute atomic E-state index is 9.28. The SMILES string of the molecule is CCNCCc1nc2cc(OC(C)C)ccc2n1CCO. The van der Waals surface area contributed by atoms with E-state index in [1.54, 1.807) is 0 Å². The van der Waals surface area contributed by atoms with Crippen molar-refractivity contribution in [3.63, 3.8) is 0 Å². The standard InChI is InChI=1S/C16H25N3O2/c1-4-17-8-7-16-18-14-11-13(21-12(2)3)5-6-15(14)19(16)9-10-20/h5-6,11-12,17,20H,4,7-10H2,1-3H3. The van der Waals surface area contributed by atoms with Crippen molar-refractivity contribution in [1.82, 2.24) is 14.9 Å². The zero-order valence-corrected chi connectivity index (χ0v) is 13.1. The molecule has 0 spiro atoms. The molecule has 0 aliphatic rings. The number of rotatable bonds is 8. The van der Waals surface area contributed by atoms with Crippen molar-refractivity contribution in [2.45, 2.75) is 39.8 Å². The number of benzene rings is 1. The van der Waals surface area contributed by atoms with Crippen LogP contribution in [0.1, 0.15) is 26.6 Å². The highest BCUT2D eigenvalue weighted by Gasteiger charge is 2.11. The molecule has 0 atom stereocenters. The summed E-state index contributed by atoms with van der Waals surface area (Å²) < 4.78 is 7.81. The van der Waals surface area contributed by atoms with Gasteiger partial charge in [-0.2, -0.15) is 0 Å². The fraction of sp³-hybridized carbons (Fsp3) is 0.562. The van der Waals surface area contributed by atoms with Gasteiger partial charge in [0.2, 0.25) is 0 Å². The first-order chi connectivity index (χ1) is 10.2. The number of nitrogens with zero attached hydrogens (tertiary/aromatic N) is 2. The molecule has 0 radical (unpaired) electrons. The lowest BCUT2D eigenvalue weighted by molar-refractivity contribution is 0.242. The van der Waals surface area contributed by atoms with Crippen molar-refractivity contribution in [2.24, 2.45) is 0 Å². The van der Waals surface area contributed by atoms with Crippen LogP contribution in [-0.2, 0) is 13.0 Å². The van der Waals surface area contributed by atoms with Crippen molar-refractivity contribution >= 4 is 11.0 Å². The number of aliphatic hydroxyl groups excluding tert-OH is 1. The van der Waals surface area contributed by atoms with E-state index in [-0.39, 0.29) is 12.7 Å². The Morgan fingerprint density at radius 1 is 1.38 bits per heavy atom. The number of aromatic nitrogens is 2. The molecule has 0 aliphatic carbocycles. The fourth-order valence-corrected chi connectivity index (χ4v) is 2.42. The number of hydrogen-bond donors (Lipinski definition) is 2. The average Bonchev–Trinajstić information content (AvgIpc) is 2.76. The third-order valence-electron chi connectivity index (χ3n) is 3.27. The minimum absolute atomic E-state index is 0.115. The van der Waals surface area contributed by atoms with E-state index >= 15 is 0 Å². The van der Waals surface area contributed by atoms with E-state index in [4.69, 9.17) is 9.72 Å². The minimum atomic E-state index is 0.115. The van der Waals surface area contributed by atoms with Gasteiger partial charge in [0.05, 0.1) is 23.7 Å². The Labute approximate surface area is 125 Å². The Morgan fingerprint density at radius 3 is 2.86 bits per heavy atom. The predicted molar refractivity (Wildman–Crippen MR) is 84.8 cm³/mol. The molecule has 0 saturated carbocycles. The van der Waals surface area contributed by atoms with Gasteiger partial charge in [-0.3, -0.25) is 0 Å². The number of hydrogen-bond acceptors (Lipinski definition) is 4. The van der Waals surface area contributed by atoms with Gasteiger partial charge in [-0.15, -0.1) is 0 Å². The van der Waals surface area contributed by atoms with E-state index < -0.39 is 0 Å². The summed E-state index contributed by atoms with van der Waals surface area (Å²) in [5.41, 5.74) is 1.97. The van der Waals surface area contributed by atoms with Crippen LogP contribution in [0.4, 0.5) is 0 Å². The van der Waals surface area contributed by atoms with Crippen molar-refractivity contribution in [3.8, 4) is 5.75 Å². The molecular formula is C16H25N3O2. The van der Waals surface area contributed by atoms with E-state index in [1.807, 2.05) is 32.0 Å². The summed E-state index contributed by atoms with van der Waals surface area (Å²) in [6.07, 6.45) is 0.998. The van der Waals surface area contributed by atoms with Crippen LogP contribution in [0.5, 0.6) is 5.75 Å². The van der Waals surface area contributed by atoms with Crippen molar-refractivity contribution in [1.29, 1.82) is 0 Å². The first-order valence-corrected chi connectivity index (χ1v) is 7.63. The molecular weight excluding hydrogens is 266 g/mol. The van der Waals surface area contributed by atoms with Crippen LogP contribution in [0.15, 0.2) is 18.2 Å². The Hall–Kier alpha value is -1.59. The largest absolute Gasteiger partial charge is 0.491 e. The lowest BCUT2D eigenvalue weighted by atomic mass is 10.3. The highest BCUT2D eigenvalue weighted by molar-refractivity contribution is 5.77. The van der Waals surface area contributed by atoms with E-state index in [0.717, 1.165) is 42.1 Å². The van der Waals surface area contributed by atoms with E-state index in [1.165, 1.54) is 0 Å². The van der Waals surface area contributed by atoms with Crippen LogP contribution < -0.4 is 10.1 Å². The summed E-state index contributed by atoms with van der Waals surface area (Å²) in [6.45, 7) is 8.64. The number of likely N-dealkylation sites (N-methyl/N-ethyl adjacent to an activating group) is 1. The fourth-order valence-electron chi connectivity index (χ4n) is 2.42. The Bertz CT molecular complexity index is 578. The summed E-state index contributed by atoms with van der Waals surface area (Å²) in [7, 11) is 0. The van der Waals surface area contributed by atoms with E-state index in [2.05, 4.69) is 16.8 Å². The normalized spacial score (nSPS) is 11.5. The topological polar surface area (TPSA) is 59.3 Å². The zero-order chi connectivity index (χ0) is 15.2. The quantitative estimate of drug-likeness (QED) is 0.730. The van der Waals surface area contributed by atoms with Crippen molar-refractivity contribution in [2.75, 3.05) is 19.7 Å². The molecule has 0 aliphatic heterocycles. The number of aliphatic hydroxyl groups is 1. The molecule has 2 rings (SSSR count). The van der Waals surface area contributed by atoms with E-state index in [9.17, 15) is 5.11 Å². The van der Waals surface area contributed by atoms with Crippen molar-refractivity contribution < 1.29 is 9.84 Å². The Balaban J connectivity index is 2.31. The molecule has 0 saturated heterocycles. The molecule has 2 N–H and O–H groups in total. The van der Waals surface area contributed by atoms with Crippen LogP contribution in [-0.4, -0.2) is 40.5 Å². The lowest BCUT2D eigenvalue weighted by Crippen LogP contribution is -2.18. The first-order valence-electron chi connectivity index (χ1n) is 7.63.